The van der Waals surface area contributed by atoms with Crippen LogP contribution in [-0.4, -0.2) is 27.4 Å². The van der Waals surface area contributed by atoms with Crippen molar-refractivity contribution in [3.63, 3.8) is 0 Å². The van der Waals surface area contributed by atoms with Crippen LogP contribution in [0.2, 0.25) is 0 Å². The Bertz CT molecular complexity index is 908. The van der Waals surface area contributed by atoms with Crippen molar-refractivity contribution in [3.8, 4) is 0 Å². The zero-order valence-corrected chi connectivity index (χ0v) is 17.2. The van der Waals surface area contributed by atoms with Crippen LogP contribution in [-0.2, 0) is 11.3 Å². The molecule has 4 nitrogen and oxygen atoms in total. The highest BCUT2D eigenvalue weighted by Crippen LogP contribution is 2.31. The molecule has 146 valence electrons. The van der Waals surface area contributed by atoms with Crippen LogP contribution in [0.15, 0.2) is 52.7 Å². The van der Waals surface area contributed by atoms with E-state index < -0.39 is 0 Å². The second-order valence-electron chi connectivity index (χ2n) is 6.93. The molecule has 2 aromatic rings. The third-order valence-corrected chi connectivity index (χ3v) is 5.82. The number of carbonyl (C=O) groups excluding carboxylic acids is 1. The lowest BCUT2D eigenvalue weighted by atomic mass is 10.1. The molecule has 2 aromatic carbocycles. The fourth-order valence-corrected chi connectivity index (χ4v) is 4.27. The summed E-state index contributed by atoms with van der Waals surface area (Å²) in [6.45, 7) is 6.51. The van der Waals surface area contributed by atoms with Gasteiger partial charge in [0.2, 0.25) is 5.91 Å². The Morgan fingerprint density at radius 2 is 1.93 bits per heavy atom. The molecule has 1 atom stereocenters. The number of aryl methyl sites for hydroxylation is 2. The van der Waals surface area contributed by atoms with Gasteiger partial charge < -0.3 is 0 Å². The highest BCUT2D eigenvalue weighted by Gasteiger charge is 2.37. The van der Waals surface area contributed by atoms with Crippen LogP contribution in [0.3, 0.4) is 0 Å². The van der Waals surface area contributed by atoms with E-state index in [1.54, 1.807) is 23.2 Å². The van der Waals surface area contributed by atoms with Gasteiger partial charge in [0.25, 0.3) is 0 Å². The second kappa shape index (κ2) is 9.15. The summed E-state index contributed by atoms with van der Waals surface area (Å²) < 4.78 is 13.2. The molecule has 6 heteroatoms. The van der Waals surface area contributed by atoms with Crippen molar-refractivity contribution in [1.82, 2.24) is 4.90 Å². The monoisotopic (exact) mass is 397 g/mol. The molecule has 0 aliphatic carbocycles. The average Bonchev–Trinajstić information content (AvgIpc) is 2.95. The molecule has 1 saturated heterocycles. The molecule has 0 bridgehead atoms. The van der Waals surface area contributed by atoms with E-state index in [0.29, 0.717) is 11.7 Å². The lowest BCUT2D eigenvalue weighted by Gasteiger charge is -2.15. The van der Waals surface area contributed by atoms with Gasteiger partial charge >= 0.3 is 0 Å². The van der Waals surface area contributed by atoms with E-state index in [2.05, 4.69) is 30.1 Å². The molecule has 1 aliphatic rings. The zero-order valence-electron chi connectivity index (χ0n) is 16.4. The third kappa shape index (κ3) is 4.87. The molecule has 28 heavy (non-hydrogen) atoms. The van der Waals surface area contributed by atoms with E-state index in [1.165, 1.54) is 29.5 Å². The Kier molecular flexibility index (Phi) is 6.62. The van der Waals surface area contributed by atoms with Crippen molar-refractivity contribution in [2.45, 2.75) is 45.4 Å². The summed E-state index contributed by atoms with van der Waals surface area (Å²) in [4.78, 5) is 14.5. The number of carbonyl (C=O) groups is 1. The molecule has 1 fully saturated rings. The molecular weight excluding hydrogens is 373 g/mol. The number of halogens is 1. The fraction of sp³-hybridized carbons (Fsp3) is 0.318. The number of hydrogen-bond donors (Lipinski definition) is 0. The minimum atomic E-state index is -0.290. The minimum Gasteiger partial charge on any atom is -0.284 e. The van der Waals surface area contributed by atoms with Gasteiger partial charge in [0.05, 0.1) is 18.0 Å². The Morgan fingerprint density at radius 1 is 1.18 bits per heavy atom. The van der Waals surface area contributed by atoms with Crippen molar-refractivity contribution in [3.05, 3.63) is 70.5 Å². The van der Waals surface area contributed by atoms with Gasteiger partial charge in [0.15, 0.2) is 5.17 Å². The highest BCUT2D eigenvalue weighted by molar-refractivity contribution is 8.15. The quantitative estimate of drug-likeness (QED) is 0.504. The van der Waals surface area contributed by atoms with Gasteiger partial charge in [0, 0.05) is 0 Å². The molecule has 0 radical (unpaired) electrons. The maximum atomic E-state index is 13.2. The first-order chi connectivity index (χ1) is 13.5. The van der Waals surface area contributed by atoms with Crippen molar-refractivity contribution in [2.75, 3.05) is 0 Å². The van der Waals surface area contributed by atoms with E-state index >= 15 is 0 Å². The third-order valence-electron chi connectivity index (χ3n) is 4.59. The summed E-state index contributed by atoms with van der Waals surface area (Å²) in [5.74, 6) is -0.252. The van der Waals surface area contributed by atoms with Gasteiger partial charge in [-0.2, -0.15) is 5.10 Å². The minimum absolute atomic E-state index is 0.0386. The lowest BCUT2D eigenvalue weighted by Crippen LogP contribution is -2.31. The van der Waals surface area contributed by atoms with Crippen LogP contribution in [0, 0.1) is 19.7 Å². The SMILES string of the molecule is CCC[C@@H]1S/C(=N\N=C/c2ccc(C)cc2C)N(Cc2ccc(F)cc2)C1=O. The standard InChI is InChI=1S/C22H24FN3OS/c1-4-5-20-21(27)26(14-17-7-10-19(23)11-8-17)22(28-20)25-24-13-18-9-6-15(2)12-16(18)3/h6-13,20H,4-5,14H2,1-3H3/b24-13-,25-22-/t20-/m0/s1. The number of rotatable bonds is 6. The zero-order chi connectivity index (χ0) is 20.1. The summed E-state index contributed by atoms with van der Waals surface area (Å²) >= 11 is 1.45. The van der Waals surface area contributed by atoms with Crippen LogP contribution < -0.4 is 0 Å². The van der Waals surface area contributed by atoms with Crippen LogP contribution >= 0.6 is 11.8 Å². The van der Waals surface area contributed by atoms with Gasteiger partial charge in [-0.25, -0.2) is 4.39 Å². The molecule has 0 spiro atoms. The summed E-state index contributed by atoms with van der Waals surface area (Å²) in [7, 11) is 0. The largest absolute Gasteiger partial charge is 0.284 e. The molecule has 1 heterocycles. The van der Waals surface area contributed by atoms with Crippen molar-refractivity contribution in [1.29, 1.82) is 0 Å². The van der Waals surface area contributed by atoms with Gasteiger partial charge in [-0.15, -0.1) is 5.10 Å². The predicted octanol–water partition coefficient (Wildman–Crippen LogP) is 5.08. The van der Waals surface area contributed by atoms with E-state index in [1.807, 2.05) is 19.1 Å². The summed E-state index contributed by atoms with van der Waals surface area (Å²) in [6, 6.07) is 12.3. The number of hydrogen-bond acceptors (Lipinski definition) is 4. The van der Waals surface area contributed by atoms with E-state index in [9.17, 15) is 9.18 Å². The van der Waals surface area contributed by atoms with E-state index in [-0.39, 0.29) is 17.0 Å². The fourth-order valence-electron chi connectivity index (χ4n) is 3.06. The maximum absolute atomic E-state index is 13.2. The smallest absolute Gasteiger partial charge is 0.242 e. The molecular formula is C22H24FN3OS. The number of thioether (sulfide) groups is 1. The molecule has 0 aromatic heterocycles. The summed E-state index contributed by atoms with van der Waals surface area (Å²) in [5.41, 5.74) is 4.19. The van der Waals surface area contributed by atoms with Gasteiger partial charge in [-0.1, -0.05) is 61.0 Å². The number of amidine groups is 1. The van der Waals surface area contributed by atoms with Crippen molar-refractivity contribution >= 4 is 29.1 Å². The number of amides is 1. The van der Waals surface area contributed by atoms with E-state index in [0.717, 1.165) is 29.5 Å². The molecule has 0 N–H and O–H groups in total. The number of benzene rings is 2. The Morgan fingerprint density at radius 3 is 2.61 bits per heavy atom. The van der Waals surface area contributed by atoms with Crippen LogP contribution in [0.4, 0.5) is 4.39 Å². The molecule has 1 aliphatic heterocycles. The first-order valence-corrected chi connectivity index (χ1v) is 10.3. The second-order valence-corrected chi connectivity index (χ2v) is 8.10. The van der Waals surface area contributed by atoms with Gasteiger partial charge in [-0.05, 0) is 49.1 Å². The molecule has 3 rings (SSSR count). The summed E-state index contributed by atoms with van der Waals surface area (Å²) in [5, 5.41) is 9.03. The Hall–Kier alpha value is -2.47. The topological polar surface area (TPSA) is 45.0 Å². The van der Waals surface area contributed by atoms with Crippen LogP contribution in [0.25, 0.3) is 0 Å². The van der Waals surface area contributed by atoms with Gasteiger partial charge in [0.1, 0.15) is 5.82 Å². The number of nitrogens with zero attached hydrogens (tertiary/aromatic N) is 3. The normalized spacial score (nSPS) is 18.6. The molecule has 0 saturated carbocycles. The van der Waals surface area contributed by atoms with E-state index in [4.69, 9.17) is 0 Å². The van der Waals surface area contributed by atoms with Crippen LogP contribution in [0.5, 0.6) is 0 Å². The average molecular weight is 398 g/mol. The Labute approximate surface area is 169 Å². The van der Waals surface area contributed by atoms with Crippen LogP contribution in [0.1, 0.15) is 42.0 Å². The molecule has 0 unspecified atom stereocenters. The van der Waals surface area contributed by atoms with Crippen molar-refractivity contribution in [2.24, 2.45) is 10.2 Å². The highest BCUT2D eigenvalue weighted by atomic mass is 32.2. The van der Waals surface area contributed by atoms with Crippen molar-refractivity contribution < 1.29 is 9.18 Å². The predicted molar refractivity (Wildman–Crippen MR) is 114 cm³/mol. The maximum Gasteiger partial charge on any atom is 0.242 e. The lowest BCUT2D eigenvalue weighted by molar-refractivity contribution is -0.126. The first kappa shape index (κ1) is 20.3. The Balaban J connectivity index is 1.82. The summed E-state index contributed by atoms with van der Waals surface area (Å²) in [6.07, 6.45) is 3.44. The first-order valence-electron chi connectivity index (χ1n) is 9.38. The molecule has 1 amide bonds. The van der Waals surface area contributed by atoms with Gasteiger partial charge in [-0.3, -0.25) is 9.69 Å².